The van der Waals surface area contributed by atoms with E-state index in [0.29, 0.717) is 24.9 Å². The third-order valence-electron chi connectivity index (χ3n) is 7.14. The molecule has 198 valence electrons. The normalized spacial score (nSPS) is 21.4. The fourth-order valence-electron chi connectivity index (χ4n) is 4.95. The molecule has 2 aliphatic rings. The van der Waals surface area contributed by atoms with Crippen LogP contribution in [0.25, 0.3) is 0 Å². The number of hydrogen-bond acceptors (Lipinski definition) is 6. The number of carbonyl (C=O) groups is 4. The predicted octanol–water partition coefficient (Wildman–Crippen LogP) is 1.65. The maximum absolute atomic E-state index is 13.7. The lowest BCUT2D eigenvalue weighted by molar-refractivity contribution is -0.138. The molecule has 0 bridgehead atoms. The Morgan fingerprint density at radius 3 is 2.22 bits per heavy atom. The molecule has 0 radical (unpaired) electrons. The van der Waals surface area contributed by atoms with Gasteiger partial charge < -0.3 is 25.8 Å². The minimum atomic E-state index is -0.765. The van der Waals surface area contributed by atoms with Crippen LogP contribution >= 0.6 is 0 Å². The number of ketones is 1. The lowest BCUT2D eigenvalue weighted by Crippen LogP contribution is -2.54. The predicted molar refractivity (Wildman–Crippen MR) is 140 cm³/mol. The van der Waals surface area contributed by atoms with E-state index in [1.54, 1.807) is 21.9 Å². The maximum Gasteiger partial charge on any atom is 0.251 e. The average molecular weight is 500 g/mol. The van der Waals surface area contributed by atoms with Gasteiger partial charge in [-0.25, -0.2) is 0 Å². The van der Waals surface area contributed by atoms with Crippen molar-refractivity contribution in [1.82, 2.24) is 15.1 Å². The molecule has 0 spiro atoms. The molecule has 36 heavy (non-hydrogen) atoms. The van der Waals surface area contributed by atoms with Crippen LogP contribution in [0.15, 0.2) is 24.3 Å². The Bertz CT molecular complexity index is 998. The standard InChI is InChI=1S/C27H41N5O4/c1-16(2)14-19(29-24(34)17-8-10-18(11-9-17)30(6)7)25(35)31-13-12-20-22(31)21(33)15-32(20)26(36)23(28)27(3,4)5/h8-11,16,19-20,22-23H,12-15,28H2,1-7H3,(H,29,34)/t19?,20-,22+,23-/m1/s1. The zero-order valence-corrected chi connectivity index (χ0v) is 22.6. The summed E-state index contributed by atoms with van der Waals surface area (Å²) in [6.07, 6.45) is 0.957. The van der Waals surface area contributed by atoms with E-state index in [9.17, 15) is 19.2 Å². The molecule has 0 aromatic heterocycles. The van der Waals surface area contributed by atoms with Crippen LogP contribution in [0.1, 0.15) is 57.8 Å². The molecular weight excluding hydrogens is 458 g/mol. The Labute approximate surface area is 214 Å². The van der Waals surface area contributed by atoms with Crippen LogP contribution in [-0.2, 0) is 14.4 Å². The number of nitrogens with one attached hydrogen (secondary N) is 1. The minimum Gasteiger partial charge on any atom is -0.378 e. The van der Waals surface area contributed by atoms with Gasteiger partial charge in [-0.15, -0.1) is 0 Å². The van der Waals surface area contributed by atoms with Gasteiger partial charge in [-0.3, -0.25) is 19.2 Å². The molecule has 0 aliphatic carbocycles. The van der Waals surface area contributed by atoms with Gasteiger partial charge in [0.2, 0.25) is 11.8 Å². The molecule has 9 heteroatoms. The molecule has 3 N–H and O–H groups in total. The van der Waals surface area contributed by atoms with Gasteiger partial charge in [0.25, 0.3) is 5.91 Å². The van der Waals surface area contributed by atoms with Gasteiger partial charge in [0.15, 0.2) is 5.78 Å². The van der Waals surface area contributed by atoms with E-state index in [1.165, 1.54) is 0 Å². The monoisotopic (exact) mass is 499 g/mol. The Morgan fingerprint density at radius 2 is 1.69 bits per heavy atom. The second-order valence-electron chi connectivity index (χ2n) is 11.7. The van der Waals surface area contributed by atoms with Crippen LogP contribution in [-0.4, -0.2) is 84.7 Å². The molecule has 9 nitrogen and oxygen atoms in total. The number of likely N-dealkylation sites (tertiary alicyclic amines) is 2. The summed E-state index contributed by atoms with van der Waals surface area (Å²) in [6.45, 7) is 9.96. The Balaban J connectivity index is 1.77. The molecule has 2 fully saturated rings. The smallest absolute Gasteiger partial charge is 0.251 e. The molecule has 4 atom stereocenters. The first-order chi connectivity index (χ1) is 16.7. The summed E-state index contributed by atoms with van der Waals surface area (Å²) in [4.78, 5) is 57.8. The zero-order valence-electron chi connectivity index (χ0n) is 22.6. The average Bonchev–Trinajstić information content (AvgIpc) is 3.37. The van der Waals surface area contributed by atoms with Crippen LogP contribution in [0, 0.1) is 11.3 Å². The number of nitrogens with zero attached hydrogens (tertiary/aromatic N) is 3. The van der Waals surface area contributed by atoms with Crippen molar-refractivity contribution in [3.8, 4) is 0 Å². The highest BCUT2D eigenvalue weighted by Gasteiger charge is 2.53. The largest absolute Gasteiger partial charge is 0.378 e. The third-order valence-corrected chi connectivity index (χ3v) is 7.14. The summed E-state index contributed by atoms with van der Waals surface area (Å²) in [5, 5.41) is 2.90. The van der Waals surface area contributed by atoms with Gasteiger partial charge in [0.1, 0.15) is 12.1 Å². The van der Waals surface area contributed by atoms with Crippen LogP contribution < -0.4 is 16.0 Å². The summed E-state index contributed by atoms with van der Waals surface area (Å²) >= 11 is 0. The molecule has 3 amide bonds. The van der Waals surface area contributed by atoms with Crippen LogP contribution in [0.3, 0.4) is 0 Å². The quantitative estimate of drug-likeness (QED) is 0.589. The van der Waals surface area contributed by atoms with E-state index in [-0.39, 0.29) is 42.0 Å². The highest BCUT2D eigenvalue weighted by molar-refractivity contribution is 6.01. The SMILES string of the molecule is CC(C)CC(NC(=O)c1ccc(N(C)C)cc1)C(=O)N1CC[C@@H]2[C@H]1C(=O)CN2C(=O)[C@@H](N)C(C)(C)C. The second-order valence-corrected chi connectivity index (χ2v) is 11.7. The Kier molecular flexibility index (Phi) is 8.13. The van der Waals surface area contributed by atoms with Crippen molar-refractivity contribution in [1.29, 1.82) is 0 Å². The molecule has 2 saturated heterocycles. The molecule has 1 unspecified atom stereocenters. The Morgan fingerprint density at radius 1 is 1.08 bits per heavy atom. The van der Waals surface area contributed by atoms with Crippen molar-refractivity contribution < 1.29 is 19.2 Å². The third kappa shape index (κ3) is 5.72. The van der Waals surface area contributed by atoms with E-state index in [4.69, 9.17) is 5.73 Å². The number of amides is 3. The molecule has 2 heterocycles. The van der Waals surface area contributed by atoms with Gasteiger partial charge >= 0.3 is 0 Å². The topological polar surface area (TPSA) is 116 Å². The first-order valence-electron chi connectivity index (χ1n) is 12.7. The molecular formula is C27H41N5O4. The highest BCUT2D eigenvalue weighted by atomic mass is 16.2. The van der Waals surface area contributed by atoms with Crippen LogP contribution in [0.5, 0.6) is 0 Å². The van der Waals surface area contributed by atoms with Crippen LogP contribution in [0.2, 0.25) is 0 Å². The van der Waals surface area contributed by atoms with Gasteiger partial charge in [0, 0.05) is 31.9 Å². The first-order valence-corrected chi connectivity index (χ1v) is 12.7. The van der Waals surface area contributed by atoms with E-state index >= 15 is 0 Å². The van der Waals surface area contributed by atoms with Gasteiger partial charge in [-0.05, 0) is 48.4 Å². The summed E-state index contributed by atoms with van der Waals surface area (Å²) in [6, 6.07) is 4.59. The van der Waals surface area contributed by atoms with Crippen molar-refractivity contribution in [3.63, 3.8) is 0 Å². The maximum atomic E-state index is 13.7. The fraction of sp³-hybridized carbons (Fsp3) is 0.630. The number of fused-ring (bicyclic) bond motifs is 1. The van der Waals surface area contributed by atoms with E-state index in [0.717, 1.165) is 5.69 Å². The van der Waals surface area contributed by atoms with E-state index in [2.05, 4.69) is 5.32 Å². The number of Topliss-reactive ketones (excluding diaryl/α,β-unsaturated/α-hetero) is 1. The molecule has 2 aliphatic heterocycles. The molecule has 3 rings (SSSR count). The molecule has 1 aromatic rings. The number of nitrogens with two attached hydrogens (primary N) is 1. The number of hydrogen-bond donors (Lipinski definition) is 2. The van der Waals surface area contributed by atoms with E-state index < -0.39 is 23.5 Å². The molecule has 0 saturated carbocycles. The first kappa shape index (κ1) is 27.6. The molecule has 1 aromatic carbocycles. The van der Waals surface area contributed by atoms with Crippen LogP contribution in [0.4, 0.5) is 5.69 Å². The summed E-state index contributed by atoms with van der Waals surface area (Å²) in [7, 11) is 3.84. The lowest BCUT2D eigenvalue weighted by atomic mass is 9.86. The lowest BCUT2D eigenvalue weighted by Gasteiger charge is -2.32. The van der Waals surface area contributed by atoms with Gasteiger partial charge in [-0.2, -0.15) is 0 Å². The van der Waals surface area contributed by atoms with Crippen molar-refractivity contribution in [2.75, 3.05) is 32.1 Å². The fourth-order valence-corrected chi connectivity index (χ4v) is 4.95. The summed E-state index contributed by atoms with van der Waals surface area (Å²) < 4.78 is 0. The van der Waals surface area contributed by atoms with Crippen molar-refractivity contribution in [3.05, 3.63) is 29.8 Å². The second kappa shape index (κ2) is 10.6. The van der Waals surface area contributed by atoms with Crippen molar-refractivity contribution >= 4 is 29.2 Å². The van der Waals surface area contributed by atoms with Crippen molar-refractivity contribution in [2.45, 2.75) is 71.6 Å². The summed E-state index contributed by atoms with van der Waals surface area (Å²) in [5.41, 5.74) is 7.19. The number of carbonyl (C=O) groups excluding carboxylic acids is 4. The Hall–Kier alpha value is -2.94. The number of anilines is 1. The van der Waals surface area contributed by atoms with Gasteiger partial charge in [-0.1, -0.05) is 34.6 Å². The highest BCUT2D eigenvalue weighted by Crippen LogP contribution is 2.32. The van der Waals surface area contributed by atoms with E-state index in [1.807, 2.05) is 65.7 Å². The summed E-state index contributed by atoms with van der Waals surface area (Å²) in [5.74, 6) is -0.881. The minimum absolute atomic E-state index is 0.0405. The van der Waals surface area contributed by atoms with Crippen molar-refractivity contribution in [2.24, 2.45) is 17.1 Å². The number of benzene rings is 1. The number of rotatable bonds is 7. The van der Waals surface area contributed by atoms with Gasteiger partial charge in [0.05, 0.1) is 18.6 Å². The zero-order chi connectivity index (χ0) is 26.9.